The highest BCUT2D eigenvalue weighted by atomic mass is 32.1. The second kappa shape index (κ2) is 6.02. The van der Waals surface area contributed by atoms with Crippen molar-refractivity contribution in [3.63, 3.8) is 0 Å². The van der Waals surface area contributed by atoms with Crippen molar-refractivity contribution < 1.29 is 14.7 Å². The predicted octanol–water partition coefficient (Wildman–Crippen LogP) is 0.971. The number of carboxylic acids is 1. The third kappa shape index (κ3) is 3.75. The Bertz CT molecular complexity index is 504. The molecule has 0 fully saturated rings. The largest absolute Gasteiger partial charge is 0.477 e. The molecular weight excluding hydrogens is 254 g/mol. The Morgan fingerprint density at radius 3 is 2.78 bits per heavy atom. The van der Waals surface area contributed by atoms with Crippen LogP contribution in [0.4, 0.5) is 4.79 Å². The van der Waals surface area contributed by atoms with Gasteiger partial charge in [-0.05, 0) is 13.8 Å². The molecule has 0 aliphatic heterocycles. The first kappa shape index (κ1) is 14.0. The maximum atomic E-state index is 11.4. The SMILES string of the molecule is C#CC(C)NC(=O)NCc1nc(C)c(C(=O)O)s1. The number of rotatable bonds is 4. The third-order valence-corrected chi connectivity index (χ3v) is 3.18. The molecule has 0 radical (unpaired) electrons. The molecule has 1 heterocycles. The van der Waals surface area contributed by atoms with Gasteiger partial charge in [-0.1, -0.05) is 5.92 Å². The van der Waals surface area contributed by atoms with Crippen LogP contribution in [0.3, 0.4) is 0 Å². The van der Waals surface area contributed by atoms with Gasteiger partial charge in [-0.25, -0.2) is 14.6 Å². The molecule has 1 aromatic rings. The normalized spacial score (nSPS) is 11.4. The minimum atomic E-state index is -1.01. The van der Waals surface area contributed by atoms with Gasteiger partial charge in [0.15, 0.2) is 0 Å². The summed E-state index contributed by atoms with van der Waals surface area (Å²) in [6.07, 6.45) is 5.12. The fourth-order valence-corrected chi connectivity index (χ4v) is 2.01. The molecule has 2 amide bonds. The van der Waals surface area contributed by atoms with Crippen LogP contribution in [0.15, 0.2) is 0 Å². The number of aromatic nitrogens is 1. The summed E-state index contributed by atoms with van der Waals surface area (Å²) in [4.78, 5) is 26.4. The summed E-state index contributed by atoms with van der Waals surface area (Å²) in [5, 5.41) is 14.5. The summed E-state index contributed by atoms with van der Waals surface area (Å²) in [7, 11) is 0. The third-order valence-electron chi connectivity index (χ3n) is 2.03. The molecule has 1 unspecified atom stereocenters. The summed E-state index contributed by atoms with van der Waals surface area (Å²) in [6, 6.07) is -0.775. The molecule has 0 saturated carbocycles. The molecule has 1 rings (SSSR count). The second-order valence-corrected chi connectivity index (χ2v) is 4.63. The topological polar surface area (TPSA) is 91.3 Å². The van der Waals surface area contributed by atoms with Crippen LogP contribution < -0.4 is 10.6 Å². The number of aromatic carboxylic acids is 1. The van der Waals surface area contributed by atoms with E-state index in [0.717, 1.165) is 11.3 Å². The average Bonchev–Trinajstić information content (AvgIpc) is 2.68. The molecule has 0 aromatic carbocycles. The van der Waals surface area contributed by atoms with E-state index in [2.05, 4.69) is 21.5 Å². The van der Waals surface area contributed by atoms with Crippen molar-refractivity contribution in [3.05, 3.63) is 15.6 Å². The van der Waals surface area contributed by atoms with Crippen molar-refractivity contribution in [2.75, 3.05) is 0 Å². The van der Waals surface area contributed by atoms with E-state index in [9.17, 15) is 9.59 Å². The van der Waals surface area contributed by atoms with Gasteiger partial charge in [-0.15, -0.1) is 17.8 Å². The number of aryl methyl sites for hydroxylation is 1. The maximum absolute atomic E-state index is 11.4. The Morgan fingerprint density at radius 2 is 2.28 bits per heavy atom. The van der Waals surface area contributed by atoms with Crippen molar-refractivity contribution in [2.24, 2.45) is 0 Å². The zero-order valence-corrected chi connectivity index (χ0v) is 10.8. The Morgan fingerprint density at radius 1 is 1.61 bits per heavy atom. The molecule has 0 aliphatic carbocycles. The Hall–Kier alpha value is -2.07. The van der Waals surface area contributed by atoms with E-state index >= 15 is 0 Å². The summed E-state index contributed by atoms with van der Waals surface area (Å²) in [5.74, 6) is 1.35. The zero-order valence-electron chi connectivity index (χ0n) is 9.98. The number of nitrogens with zero attached hydrogens (tertiary/aromatic N) is 1. The number of thiazole rings is 1. The van der Waals surface area contributed by atoms with Gasteiger partial charge in [0.1, 0.15) is 9.88 Å². The number of urea groups is 1. The molecule has 1 aromatic heterocycles. The van der Waals surface area contributed by atoms with Crippen molar-refractivity contribution in [1.82, 2.24) is 15.6 Å². The number of hydrogen-bond donors (Lipinski definition) is 3. The summed E-state index contributed by atoms with van der Waals surface area (Å²) < 4.78 is 0. The number of terminal acetylenes is 1. The first-order valence-electron chi connectivity index (χ1n) is 5.14. The lowest BCUT2D eigenvalue weighted by Gasteiger charge is -2.08. The highest BCUT2D eigenvalue weighted by Gasteiger charge is 2.14. The molecule has 96 valence electrons. The monoisotopic (exact) mass is 267 g/mol. The van der Waals surface area contributed by atoms with Crippen LogP contribution >= 0.6 is 11.3 Å². The lowest BCUT2D eigenvalue weighted by molar-refractivity contribution is 0.0701. The number of carbonyl (C=O) groups is 2. The van der Waals surface area contributed by atoms with Gasteiger partial charge in [0, 0.05) is 0 Å². The zero-order chi connectivity index (χ0) is 13.7. The standard InChI is InChI=1S/C11H13N3O3S/c1-4-6(2)13-11(17)12-5-8-14-7(3)9(18-8)10(15)16/h1,6H,5H2,2-3H3,(H,15,16)(H2,12,13,17). The molecule has 7 heteroatoms. The van der Waals surface area contributed by atoms with Crippen LogP contribution in [-0.4, -0.2) is 28.1 Å². The lowest BCUT2D eigenvalue weighted by atomic mass is 10.4. The van der Waals surface area contributed by atoms with Crippen molar-refractivity contribution in [1.29, 1.82) is 0 Å². The van der Waals surface area contributed by atoms with Gasteiger partial charge in [0.25, 0.3) is 0 Å². The minimum Gasteiger partial charge on any atom is -0.477 e. The second-order valence-electron chi connectivity index (χ2n) is 3.54. The quantitative estimate of drug-likeness (QED) is 0.709. The Labute approximate surface area is 108 Å². The predicted molar refractivity (Wildman–Crippen MR) is 67.5 cm³/mol. The molecular formula is C11H13N3O3S. The number of amides is 2. The number of hydrogen-bond acceptors (Lipinski definition) is 4. The molecule has 18 heavy (non-hydrogen) atoms. The number of carbonyl (C=O) groups excluding carboxylic acids is 1. The van der Waals surface area contributed by atoms with Crippen molar-refractivity contribution >= 4 is 23.3 Å². The van der Waals surface area contributed by atoms with Crippen LogP contribution in [0, 0.1) is 19.3 Å². The molecule has 0 saturated heterocycles. The van der Waals surface area contributed by atoms with E-state index in [4.69, 9.17) is 11.5 Å². The molecule has 0 aliphatic rings. The molecule has 3 N–H and O–H groups in total. The molecule has 0 spiro atoms. The van der Waals surface area contributed by atoms with Gasteiger partial charge < -0.3 is 15.7 Å². The molecule has 6 nitrogen and oxygen atoms in total. The lowest BCUT2D eigenvalue weighted by Crippen LogP contribution is -2.39. The fourth-order valence-electron chi connectivity index (χ4n) is 1.17. The maximum Gasteiger partial charge on any atom is 0.347 e. The summed E-state index contributed by atoms with van der Waals surface area (Å²) in [6.45, 7) is 3.46. The fraction of sp³-hybridized carbons (Fsp3) is 0.364. The van der Waals surface area contributed by atoms with Crippen LogP contribution in [0.2, 0.25) is 0 Å². The van der Waals surface area contributed by atoms with E-state index in [0.29, 0.717) is 10.7 Å². The summed E-state index contributed by atoms with van der Waals surface area (Å²) in [5.41, 5.74) is 0.446. The van der Waals surface area contributed by atoms with E-state index in [1.54, 1.807) is 13.8 Å². The average molecular weight is 267 g/mol. The molecule has 0 bridgehead atoms. The van der Waals surface area contributed by atoms with Crippen LogP contribution in [0.25, 0.3) is 0 Å². The van der Waals surface area contributed by atoms with Crippen molar-refractivity contribution in [2.45, 2.75) is 26.4 Å². The minimum absolute atomic E-state index is 0.169. The van der Waals surface area contributed by atoms with E-state index in [1.165, 1.54) is 0 Å². The summed E-state index contributed by atoms with van der Waals surface area (Å²) >= 11 is 1.04. The first-order chi connectivity index (χ1) is 8.43. The Kier molecular flexibility index (Phi) is 4.68. The van der Waals surface area contributed by atoms with Crippen LogP contribution in [0.5, 0.6) is 0 Å². The first-order valence-corrected chi connectivity index (χ1v) is 5.95. The van der Waals surface area contributed by atoms with Gasteiger partial charge in [0.05, 0.1) is 18.3 Å². The number of carboxylic acid groups (broad SMARTS) is 1. The smallest absolute Gasteiger partial charge is 0.347 e. The number of nitrogens with one attached hydrogen (secondary N) is 2. The van der Waals surface area contributed by atoms with E-state index in [1.807, 2.05) is 0 Å². The van der Waals surface area contributed by atoms with Gasteiger partial charge in [-0.2, -0.15) is 0 Å². The van der Waals surface area contributed by atoms with Crippen LogP contribution in [-0.2, 0) is 6.54 Å². The van der Waals surface area contributed by atoms with Gasteiger partial charge >= 0.3 is 12.0 Å². The van der Waals surface area contributed by atoms with Crippen molar-refractivity contribution in [3.8, 4) is 12.3 Å². The molecule has 1 atom stereocenters. The van der Waals surface area contributed by atoms with Gasteiger partial charge in [0.2, 0.25) is 0 Å². The van der Waals surface area contributed by atoms with Crippen LogP contribution in [0.1, 0.15) is 27.3 Å². The van der Waals surface area contributed by atoms with Gasteiger partial charge in [-0.3, -0.25) is 0 Å². The highest BCUT2D eigenvalue weighted by molar-refractivity contribution is 7.13. The Balaban J connectivity index is 2.54. The highest BCUT2D eigenvalue weighted by Crippen LogP contribution is 2.17. The van der Waals surface area contributed by atoms with E-state index < -0.39 is 12.0 Å². The van der Waals surface area contributed by atoms with E-state index in [-0.39, 0.29) is 17.5 Å².